The average molecular weight is 255 g/mol. The number of carbonyl (C=O) groups excluding carboxylic acids is 1. The van der Waals surface area contributed by atoms with Gasteiger partial charge in [0.05, 0.1) is 5.02 Å². The van der Waals surface area contributed by atoms with E-state index in [0.717, 1.165) is 25.7 Å². The lowest BCUT2D eigenvalue weighted by molar-refractivity contribution is 0.0979. The fourth-order valence-corrected chi connectivity index (χ4v) is 1.68. The van der Waals surface area contributed by atoms with Gasteiger partial charge in [0, 0.05) is 12.0 Å². The zero-order valence-electron chi connectivity index (χ0n) is 9.72. The van der Waals surface area contributed by atoms with E-state index in [1.807, 2.05) is 6.08 Å². The Morgan fingerprint density at radius 2 is 2.12 bits per heavy atom. The summed E-state index contributed by atoms with van der Waals surface area (Å²) in [5.41, 5.74) is 0.399. The van der Waals surface area contributed by atoms with Crippen LogP contribution in [0.3, 0.4) is 0 Å². The van der Waals surface area contributed by atoms with Crippen LogP contribution in [0.25, 0.3) is 0 Å². The molecule has 1 rings (SSSR count). The quantitative estimate of drug-likeness (QED) is 0.388. The van der Waals surface area contributed by atoms with Crippen molar-refractivity contribution in [2.45, 2.75) is 32.1 Å². The van der Waals surface area contributed by atoms with Crippen molar-refractivity contribution in [3.63, 3.8) is 0 Å². The molecule has 0 saturated heterocycles. The second-order valence-corrected chi connectivity index (χ2v) is 4.35. The molecule has 1 aromatic carbocycles. The maximum absolute atomic E-state index is 13.1. The van der Waals surface area contributed by atoms with Crippen LogP contribution >= 0.6 is 11.6 Å². The summed E-state index contributed by atoms with van der Waals surface area (Å²) in [5.74, 6) is -0.566. The molecule has 1 aromatic rings. The molecule has 1 nitrogen and oxygen atoms in total. The Morgan fingerprint density at radius 3 is 2.76 bits per heavy atom. The van der Waals surface area contributed by atoms with Gasteiger partial charge in [-0.3, -0.25) is 4.79 Å². The molecule has 0 saturated carbocycles. The third kappa shape index (κ3) is 4.70. The molecule has 92 valence electrons. The number of hydrogen-bond donors (Lipinski definition) is 0. The molecule has 0 amide bonds. The largest absolute Gasteiger partial charge is 0.294 e. The number of hydrogen-bond acceptors (Lipinski definition) is 1. The summed E-state index contributed by atoms with van der Waals surface area (Å²) < 4.78 is 13.1. The van der Waals surface area contributed by atoms with Gasteiger partial charge in [-0.05, 0) is 37.5 Å². The Bertz CT molecular complexity index is 401. The number of allylic oxidation sites excluding steroid dienone is 1. The van der Waals surface area contributed by atoms with Gasteiger partial charge >= 0.3 is 0 Å². The zero-order chi connectivity index (χ0) is 12.7. The van der Waals surface area contributed by atoms with Gasteiger partial charge in [0.1, 0.15) is 5.82 Å². The summed E-state index contributed by atoms with van der Waals surface area (Å²) >= 11 is 5.55. The van der Waals surface area contributed by atoms with Crippen molar-refractivity contribution in [3.8, 4) is 0 Å². The molecule has 0 bridgehead atoms. The second-order valence-electron chi connectivity index (χ2n) is 3.94. The Hall–Kier alpha value is -1.15. The highest BCUT2D eigenvalue weighted by Crippen LogP contribution is 2.17. The van der Waals surface area contributed by atoms with E-state index in [2.05, 4.69) is 6.58 Å². The van der Waals surface area contributed by atoms with Gasteiger partial charge in [-0.1, -0.05) is 24.1 Å². The van der Waals surface area contributed by atoms with E-state index in [0.29, 0.717) is 12.0 Å². The van der Waals surface area contributed by atoms with Crippen LogP contribution in [0, 0.1) is 5.82 Å². The summed E-state index contributed by atoms with van der Waals surface area (Å²) in [6.07, 6.45) is 6.18. The van der Waals surface area contributed by atoms with Crippen LogP contribution in [-0.4, -0.2) is 5.78 Å². The summed E-state index contributed by atoms with van der Waals surface area (Å²) in [4.78, 5) is 11.7. The molecule has 0 aromatic heterocycles. The molecule has 0 fully saturated rings. The van der Waals surface area contributed by atoms with E-state index in [-0.39, 0.29) is 10.8 Å². The van der Waals surface area contributed by atoms with E-state index in [4.69, 9.17) is 11.6 Å². The Labute approximate surface area is 106 Å². The monoisotopic (exact) mass is 254 g/mol. The van der Waals surface area contributed by atoms with Gasteiger partial charge < -0.3 is 0 Å². The minimum Gasteiger partial charge on any atom is -0.294 e. The number of benzene rings is 1. The molecule has 0 heterocycles. The van der Waals surface area contributed by atoms with Crippen molar-refractivity contribution in [1.82, 2.24) is 0 Å². The molecule has 0 N–H and O–H groups in total. The van der Waals surface area contributed by atoms with Crippen LogP contribution in [0.4, 0.5) is 4.39 Å². The number of unbranched alkanes of at least 4 members (excludes halogenated alkanes) is 3. The van der Waals surface area contributed by atoms with E-state index in [1.165, 1.54) is 12.1 Å². The molecular weight excluding hydrogens is 239 g/mol. The number of carbonyl (C=O) groups is 1. The lowest BCUT2D eigenvalue weighted by Gasteiger charge is -2.02. The predicted octanol–water partition coefficient (Wildman–Crippen LogP) is 4.80. The zero-order valence-corrected chi connectivity index (χ0v) is 10.5. The fraction of sp³-hybridized carbons (Fsp3) is 0.357. The Balaban J connectivity index is 2.41. The smallest absolute Gasteiger partial charge is 0.162 e. The predicted molar refractivity (Wildman–Crippen MR) is 69.0 cm³/mol. The molecule has 17 heavy (non-hydrogen) atoms. The molecule has 0 spiro atoms. The number of rotatable bonds is 7. The molecule has 0 radical (unpaired) electrons. The summed E-state index contributed by atoms with van der Waals surface area (Å²) in [6.45, 7) is 3.64. The Morgan fingerprint density at radius 1 is 1.35 bits per heavy atom. The van der Waals surface area contributed by atoms with Gasteiger partial charge in [-0.2, -0.15) is 0 Å². The van der Waals surface area contributed by atoms with E-state index in [9.17, 15) is 9.18 Å². The van der Waals surface area contributed by atoms with Crippen LogP contribution in [-0.2, 0) is 0 Å². The van der Waals surface area contributed by atoms with Crippen LogP contribution in [0.15, 0.2) is 30.9 Å². The molecule has 0 unspecified atom stereocenters. The first-order valence-electron chi connectivity index (χ1n) is 5.74. The minimum atomic E-state index is -0.538. The fourth-order valence-electron chi connectivity index (χ4n) is 1.56. The topological polar surface area (TPSA) is 17.1 Å². The summed E-state index contributed by atoms with van der Waals surface area (Å²) in [6, 6.07) is 4.19. The number of ketones is 1. The molecular formula is C14H16ClFO. The van der Waals surface area contributed by atoms with E-state index < -0.39 is 5.82 Å². The standard InChI is InChI=1S/C14H16ClFO/c1-2-3-4-5-6-7-14(17)11-8-9-12(15)13(16)10-11/h2,8-10H,1,3-7H2. The molecule has 3 heteroatoms. The molecule has 0 aliphatic heterocycles. The highest BCUT2D eigenvalue weighted by Gasteiger charge is 2.08. The van der Waals surface area contributed by atoms with Gasteiger partial charge in [0.2, 0.25) is 0 Å². The molecule has 0 aliphatic carbocycles. The van der Waals surface area contributed by atoms with Crippen molar-refractivity contribution in [3.05, 3.63) is 47.3 Å². The van der Waals surface area contributed by atoms with Crippen molar-refractivity contribution in [1.29, 1.82) is 0 Å². The van der Waals surface area contributed by atoms with Crippen molar-refractivity contribution in [2.75, 3.05) is 0 Å². The van der Waals surface area contributed by atoms with Crippen LogP contribution < -0.4 is 0 Å². The SMILES string of the molecule is C=CCCCCCC(=O)c1ccc(Cl)c(F)c1. The minimum absolute atomic E-state index is 0.0285. The van der Waals surface area contributed by atoms with Crippen LogP contribution in [0.1, 0.15) is 42.5 Å². The van der Waals surface area contributed by atoms with E-state index in [1.54, 1.807) is 6.07 Å². The van der Waals surface area contributed by atoms with Crippen LogP contribution in [0.5, 0.6) is 0 Å². The number of halogens is 2. The average Bonchev–Trinajstić information content (AvgIpc) is 2.32. The lowest BCUT2D eigenvalue weighted by Crippen LogP contribution is -1.99. The third-order valence-electron chi connectivity index (χ3n) is 2.55. The van der Waals surface area contributed by atoms with Gasteiger partial charge in [-0.15, -0.1) is 6.58 Å². The van der Waals surface area contributed by atoms with Crippen molar-refractivity contribution < 1.29 is 9.18 Å². The first-order valence-corrected chi connectivity index (χ1v) is 6.12. The van der Waals surface area contributed by atoms with Gasteiger partial charge in [-0.25, -0.2) is 4.39 Å². The first kappa shape index (κ1) is 13.9. The van der Waals surface area contributed by atoms with E-state index >= 15 is 0 Å². The summed E-state index contributed by atoms with van der Waals surface area (Å²) in [5, 5.41) is 0.0486. The normalized spacial score (nSPS) is 10.2. The maximum atomic E-state index is 13.1. The van der Waals surface area contributed by atoms with Gasteiger partial charge in [0.25, 0.3) is 0 Å². The second kappa shape index (κ2) is 7.23. The highest BCUT2D eigenvalue weighted by atomic mass is 35.5. The highest BCUT2D eigenvalue weighted by molar-refractivity contribution is 6.30. The van der Waals surface area contributed by atoms with Crippen molar-refractivity contribution >= 4 is 17.4 Å². The van der Waals surface area contributed by atoms with Crippen molar-refractivity contribution in [2.24, 2.45) is 0 Å². The molecule has 0 atom stereocenters. The van der Waals surface area contributed by atoms with Gasteiger partial charge in [0.15, 0.2) is 5.78 Å². The summed E-state index contributed by atoms with van der Waals surface area (Å²) in [7, 11) is 0. The molecule has 0 aliphatic rings. The lowest BCUT2D eigenvalue weighted by atomic mass is 10.0. The number of Topliss-reactive ketones (excluding diaryl/α,β-unsaturated/α-hetero) is 1. The Kier molecular flexibility index (Phi) is 5.92. The maximum Gasteiger partial charge on any atom is 0.162 e. The third-order valence-corrected chi connectivity index (χ3v) is 2.86. The van der Waals surface area contributed by atoms with Crippen LogP contribution in [0.2, 0.25) is 5.02 Å². The first-order chi connectivity index (χ1) is 8.15.